The van der Waals surface area contributed by atoms with E-state index in [4.69, 9.17) is 0 Å². The van der Waals surface area contributed by atoms with Crippen LogP contribution in [0.1, 0.15) is 87.5 Å². The molecule has 1 rings (SSSR count). The smallest absolute Gasteiger partial charge is 0.115 e. The van der Waals surface area contributed by atoms with Crippen molar-refractivity contribution in [3.8, 4) is 0 Å². The fourth-order valence-corrected chi connectivity index (χ4v) is 2.52. The third-order valence-electron chi connectivity index (χ3n) is 4.26. The lowest BCUT2D eigenvalue weighted by Crippen LogP contribution is -2.13. The number of hydrogen-bond acceptors (Lipinski definition) is 1. The van der Waals surface area contributed by atoms with Crippen molar-refractivity contribution < 1.29 is 4.39 Å². The summed E-state index contributed by atoms with van der Waals surface area (Å²) in [5.41, 5.74) is 0.830. The maximum atomic E-state index is 14.8. The summed E-state index contributed by atoms with van der Waals surface area (Å²) in [7, 11) is 0. The van der Waals surface area contributed by atoms with Gasteiger partial charge < -0.3 is 0 Å². The first kappa shape index (κ1) is 25.1. The molecule has 140 valence electrons. The Morgan fingerprint density at radius 1 is 1.17 bits per heavy atom. The van der Waals surface area contributed by atoms with Gasteiger partial charge in [0.2, 0.25) is 0 Å². The molecule has 0 aromatic heterocycles. The molecule has 0 aromatic rings. The van der Waals surface area contributed by atoms with Gasteiger partial charge in [0.1, 0.15) is 5.83 Å². The van der Waals surface area contributed by atoms with Gasteiger partial charge in [-0.1, -0.05) is 80.0 Å². The molecule has 0 spiro atoms. The van der Waals surface area contributed by atoms with Crippen molar-refractivity contribution in [2.24, 2.45) is 16.3 Å². The lowest BCUT2D eigenvalue weighted by atomic mass is 9.85. The highest BCUT2D eigenvalue weighted by Gasteiger charge is 2.26. The number of allylic oxidation sites excluding steroid dienone is 3. The minimum atomic E-state index is -0.471. The van der Waals surface area contributed by atoms with Crippen LogP contribution >= 0.6 is 0 Å². The summed E-state index contributed by atoms with van der Waals surface area (Å²) in [5.74, 6) is 0.422. The van der Waals surface area contributed by atoms with Crippen LogP contribution in [0.15, 0.2) is 40.8 Å². The molecule has 0 heterocycles. The molecule has 0 aromatic carbocycles. The van der Waals surface area contributed by atoms with Crippen molar-refractivity contribution in [3.05, 3.63) is 35.8 Å². The Balaban J connectivity index is 0. The van der Waals surface area contributed by atoms with Crippen LogP contribution < -0.4 is 0 Å². The molecule has 1 nitrogen and oxygen atoms in total. The van der Waals surface area contributed by atoms with E-state index in [1.54, 1.807) is 12.3 Å². The molecule has 0 radical (unpaired) electrons. The van der Waals surface area contributed by atoms with Crippen molar-refractivity contribution in [1.82, 2.24) is 0 Å². The Bertz CT molecular complexity index is 421. The van der Waals surface area contributed by atoms with Crippen LogP contribution in [0.25, 0.3) is 0 Å². The standard InChI is InChI=1S/C18H28FN.2C2H6/c1-6-15(17(19)18(4,5)7-2)16(20-8-3)13-14-11-9-10-12-14;2*1-2/h6,8,13-14H,1,7,9-12H2,2-5H3;2*1-2H3/b16-13-,17-15-,20-8?;;. The second-order valence-corrected chi connectivity index (χ2v) is 6.15. The lowest BCUT2D eigenvalue weighted by Gasteiger charge is -2.23. The summed E-state index contributed by atoms with van der Waals surface area (Å²) < 4.78 is 14.8. The molecule has 2 heteroatoms. The number of halogens is 1. The number of aliphatic imine (C=N–C) groups is 1. The fraction of sp³-hybridized carbons (Fsp3) is 0.682. The van der Waals surface area contributed by atoms with Crippen LogP contribution in [0.5, 0.6) is 0 Å². The van der Waals surface area contributed by atoms with Gasteiger partial charge in [0.15, 0.2) is 0 Å². The molecular weight excluding hydrogens is 297 g/mol. The SMILES string of the molecule is C=CC(/C(=C/C1CCCC1)N=CC)=C(/F)C(C)(C)CC.CC.CC. The first-order valence-electron chi connectivity index (χ1n) is 9.69. The van der Waals surface area contributed by atoms with E-state index < -0.39 is 5.41 Å². The number of nitrogens with zero attached hydrogens (tertiary/aromatic N) is 1. The van der Waals surface area contributed by atoms with E-state index in [0.29, 0.717) is 11.5 Å². The third kappa shape index (κ3) is 8.08. The van der Waals surface area contributed by atoms with Crippen molar-refractivity contribution in [1.29, 1.82) is 0 Å². The molecule has 1 saturated carbocycles. The quantitative estimate of drug-likeness (QED) is 0.343. The van der Waals surface area contributed by atoms with Crippen molar-refractivity contribution in [3.63, 3.8) is 0 Å². The number of hydrogen-bond donors (Lipinski definition) is 0. The lowest BCUT2D eigenvalue weighted by molar-refractivity contribution is 0.334. The molecule has 0 bridgehead atoms. The molecule has 0 unspecified atom stereocenters. The van der Waals surface area contributed by atoms with Gasteiger partial charge in [-0.25, -0.2) is 4.39 Å². The molecule has 0 amide bonds. The van der Waals surface area contributed by atoms with Crippen LogP contribution in [-0.2, 0) is 0 Å². The molecule has 1 aliphatic rings. The molecule has 24 heavy (non-hydrogen) atoms. The first-order chi connectivity index (χ1) is 11.5. The normalized spacial score (nSPS) is 16.8. The van der Waals surface area contributed by atoms with Gasteiger partial charge in [0.05, 0.1) is 5.70 Å². The van der Waals surface area contributed by atoms with Crippen molar-refractivity contribution >= 4 is 6.21 Å². The second kappa shape index (κ2) is 14.2. The van der Waals surface area contributed by atoms with Crippen LogP contribution in [0.3, 0.4) is 0 Å². The van der Waals surface area contributed by atoms with Crippen LogP contribution in [0.4, 0.5) is 4.39 Å². The van der Waals surface area contributed by atoms with Crippen molar-refractivity contribution in [2.75, 3.05) is 0 Å². The predicted octanol–water partition coefficient (Wildman–Crippen LogP) is 8.05. The zero-order valence-electron chi connectivity index (χ0n) is 17.4. The molecule has 0 aliphatic heterocycles. The summed E-state index contributed by atoms with van der Waals surface area (Å²) in [6.07, 6.45) is 11.1. The van der Waals surface area contributed by atoms with Gasteiger partial charge >= 0.3 is 0 Å². The summed E-state index contributed by atoms with van der Waals surface area (Å²) in [6, 6.07) is 0. The highest BCUT2D eigenvalue weighted by molar-refractivity contribution is 5.58. The van der Waals surface area contributed by atoms with E-state index in [2.05, 4.69) is 17.6 Å². The summed E-state index contributed by atoms with van der Waals surface area (Å²) in [5, 5.41) is 0. The van der Waals surface area contributed by atoms with Gasteiger partial charge in [0.25, 0.3) is 0 Å². The monoisotopic (exact) mass is 337 g/mol. The zero-order chi connectivity index (χ0) is 19.2. The second-order valence-electron chi connectivity index (χ2n) is 6.15. The predicted molar refractivity (Wildman–Crippen MR) is 109 cm³/mol. The van der Waals surface area contributed by atoms with Crippen LogP contribution in [0.2, 0.25) is 0 Å². The Morgan fingerprint density at radius 3 is 2.04 bits per heavy atom. The van der Waals surface area contributed by atoms with E-state index in [1.807, 2.05) is 55.4 Å². The van der Waals surface area contributed by atoms with Crippen molar-refractivity contribution in [2.45, 2.75) is 87.5 Å². The zero-order valence-corrected chi connectivity index (χ0v) is 17.4. The van der Waals surface area contributed by atoms with Gasteiger partial charge in [-0.3, -0.25) is 4.99 Å². The molecule has 1 aliphatic carbocycles. The topological polar surface area (TPSA) is 12.4 Å². The highest BCUT2D eigenvalue weighted by Crippen LogP contribution is 2.37. The van der Waals surface area contributed by atoms with E-state index in [1.165, 1.54) is 25.7 Å². The van der Waals surface area contributed by atoms with Gasteiger partial charge in [0, 0.05) is 17.2 Å². The molecule has 0 saturated heterocycles. The number of rotatable bonds is 6. The van der Waals surface area contributed by atoms with E-state index >= 15 is 0 Å². The Morgan fingerprint density at radius 2 is 1.67 bits per heavy atom. The molecular formula is C22H40FN. The largest absolute Gasteiger partial charge is 0.261 e. The van der Waals surface area contributed by atoms with Gasteiger partial charge in [-0.05, 0) is 32.1 Å². The maximum Gasteiger partial charge on any atom is 0.115 e. The van der Waals surface area contributed by atoms with E-state index in [0.717, 1.165) is 12.1 Å². The third-order valence-corrected chi connectivity index (χ3v) is 4.26. The minimum absolute atomic E-state index is 0.107. The Labute approximate surface area is 150 Å². The molecule has 1 fully saturated rings. The minimum Gasteiger partial charge on any atom is -0.261 e. The van der Waals surface area contributed by atoms with Gasteiger partial charge in [-0.15, -0.1) is 0 Å². The highest BCUT2D eigenvalue weighted by atomic mass is 19.1. The average Bonchev–Trinajstić information content (AvgIpc) is 3.12. The Kier molecular flexibility index (Phi) is 14.8. The average molecular weight is 338 g/mol. The van der Waals surface area contributed by atoms with E-state index in [9.17, 15) is 4.39 Å². The summed E-state index contributed by atoms with van der Waals surface area (Å²) in [6.45, 7) is 19.5. The molecule has 0 N–H and O–H groups in total. The fourth-order valence-electron chi connectivity index (χ4n) is 2.52. The first-order valence-corrected chi connectivity index (χ1v) is 9.69. The Hall–Kier alpha value is -1.18. The van der Waals surface area contributed by atoms with Gasteiger partial charge in [-0.2, -0.15) is 0 Å². The summed E-state index contributed by atoms with van der Waals surface area (Å²) in [4.78, 5) is 4.39. The maximum absolute atomic E-state index is 14.8. The molecule has 0 atom stereocenters. The van der Waals surface area contributed by atoms with E-state index in [-0.39, 0.29) is 5.83 Å². The summed E-state index contributed by atoms with van der Waals surface area (Å²) >= 11 is 0. The van der Waals surface area contributed by atoms with Crippen LogP contribution in [-0.4, -0.2) is 6.21 Å². The van der Waals surface area contributed by atoms with Crippen LogP contribution in [0, 0.1) is 11.3 Å².